The Labute approximate surface area is 193 Å². The second-order valence-electron chi connectivity index (χ2n) is 6.67. The van der Waals surface area contributed by atoms with E-state index in [0.29, 0.717) is 28.6 Å². The van der Waals surface area contributed by atoms with Gasteiger partial charge < -0.3 is 9.64 Å². The zero-order chi connectivity index (χ0) is 22.5. The normalized spacial score (nSPS) is 11.3. The van der Waals surface area contributed by atoms with Gasteiger partial charge in [0.05, 0.1) is 9.72 Å². The molecule has 0 atom stereocenters. The van der Waals surface area contributed by atoms with Crippen LogP contribution in [0.15, 0.2) is 30.3 Å². The first-order chi connectivity index (χ1) is 14.8. The lowest BCUT2D eigenvalue weighted by Crippen LogP contribution is -2.41. The Morgan fingerprint density at radius 2 is 1.87 bits per heavy atom. The Morgan fingerprint density at radius 1 is 1.13 bits per heavy atom. The fraction of sp³-hybridized carbons (Fsp3) is 0.333. The SMILES string of the molecule is CCN(CC)CCN(C(=O)COc1ccc(Cl)cc1Cl)c1nc2c(F)cc(F)cc2s1. The van der Waals surface area contributed by atoms with E-state index in [9.17, 15) is 13.6 Å². The van der Waals surface area contributed by atoms with Crippen LogP contribution in [0.1, 0.15) is 13.8 Å². The summed E-state index contributed by atoms with van der Waals surface area (Å²) in [6.45, 7) is 6.29. The Hall–Kier alpha value is -2.00. The van der Waals surface area contributed by atoms with Crippen molar-refractivity contribution >= 4 is 55.8 Å². The molecule has 0 saturated carbocycles. The molecule has 2 aromatic carbocycles. The molecule has 3 aromatic rings. The van der Waals surface area contributed by atoms with Gasteiger partial charge in [-0.1, -0.05) is 48.4 Å². The van der Waals surface area contributed by atoms with E-state index in [-0.39, 0.29) is 28.2 Å². The number of thiazole rings is 1. The number of nitrogens with zero attached hydrogens (tertiary/aromatic N) is 3. The van der Waals surface area contributed by atoms with E-state index in [1.165, 1.54) is 17.0 Å². The number of rotatable bonds is 9. The van der Waals surface area contributed by atoms with Gasteiger partial charge in [-0.05, 0) is 37.4 Å². The number of fused-ring (bicyclic) bond motifs is 1. The molecule has 0 aliphatic carbocycles. The van der Waals surface area contributed by atoms with Crippen LogP contribution in [0, 0.1) is 11.6 Å². The van der Waals surface area contributed by atoms with Gasteiger partial charge in [0.2, 0.25) is 0 Å². The van der Waals surface area contributed by atoms with Crippen LogP contribution >= 0.6 is 34.5 Å². The summed E-state index contributed by atoms with van der Waals surface area (Å²) >= 11 is 13.0. The lowest BCUT2D eigenvalue weighted by molar-refractivity contribution is -0.120. The molecule has 0 fully saturated rings. The van der Waals surface area contributed by atoms with Crippen molar-refractivity contribution in [2.75, 3.05) is 37.7 Å². The Morgan fingerprint density at radius 3 is 2.55 bits per heavy atom. The van der Waals surface area contributed by atoms with Crippen molar-refractivity contribution in [3.8, 4) is 5.75 Å². The topological polar surface area (TPSA) is 45.7 Å². The van der Waals surface area contributed by atoms with Crippen LogP contribution in [0.3, 0.4) is 0 Å². The van der Waals surface area contributed by atoms with Gasteiger partial charge in [-0.25, -0.2) is 13.8 Å². The number of anilines is 1. The number of hydrogen-bond acceptors (Lipinski definition) is 5. The smallest absolute Gasteiger partial charge is 0.266 e. The van der Waals surface area contributed by atoms with E-state index >= 15 is 0 Å². The van der Waals surface area contributed by atoms with Gasteiger partial charge >= 0.3 is 0 Å². The molecular weight excluding hydrogens is 467 g/mol. The maximum absolute atomic E-state index is 14.1. The van der Waals surface area contributed by atoms with Crippen molar-refractivity contribution in [1.29, 1.82) is 0 Å². The van der Waals surface area contributed by atoms with E-state index < -0.39 is 11.6 Å². The minimum absolute atomic E-state index is 0.0312. The van der Waals surface area contributed by atoms with Gasteiger partial charge in [-0.3, -0.25) is 9.69 Å². The molecular formula is C21H21Cl2F2N3O2S. The molecule has 10 heteroatoms. The summed E-state index contributed by atoms with van der Waals surface area (Å²) in [4.78, 5) is 20.9. The molecule has 5 nitrogen and oxygen atoms in total. The number of halogens is 4. The number of benzene rings is 2. The fourth-order valence-electron chi connectivity index (χ4n) is 2.98. The summed E-state index contributed by atoms with van der Waals surface area (Å²) < 4.78 is 33.6. The van der Waals surface area contributed by atoms with E-state index in [1.807, 2.05) is 13.8 Å². The van der Waals surface area contributed by atoms with E-state index in [2.05, 4.69) is 9.88 Å². The van der Waals surface area contributed by atoms with Gasteiger partial charge in [0.1, 0.15) is 17.1 Å². The maximum Gasteiger partial charge on any atom is 0.266 e. The number of amides is 1. The number of carbonyl (C=O) groups excluding carboxylic acids is 1. The lowest BCUT2D eigenvalue weighted by Gasteiger charge is -2.24. The summed E-state index contributed by atoms with van der Waals surface area (Å²) in [5.41, 5.74) is 0.0312. The average molecular weight is 488 g/mol. The van der Waals surface area contributed by atoms with Crippen molar-refractivity contribution in [3.05, 3.63) is 52.0 Å². The van der Waals surface area contributed by atoms with Crippen molar-refractivity contribution in [2.24, 2.45) is 0 Å². The third-order valence-electron chi connectivity index (χ3n) is 4.71. The molecule has 166 valence electrons. The average Bonchev–Trinajstić information content (AvgIpc) is 3.14. The largest absolute Gasteiger partial charge is 0.482 e. The zero-order valence-corrected chi connectivity index (χ0v) is 19.3. The van der Waals surface area contributed by atoms with Crippen LogP contribution in [0.25, 0.3) is 10.2 Å². The quantitative estimate of drug-likeness (QED) is 0.392. The van der Waals surface area contributed by atoms with Crippen molar-refractivity contribution in [2.45, 2.75) is 13.8 Å². The molecule has 0 radical (unpaired) electrons. The summed E-state index contributed by atoms with van der Waals surface area (Å²) in [6.07, 6.45) is 0. The van der Waals surface area contributed by atoms with Crippen LogP contribution in [0.2, 0.25) is 10.0 Å². The van der Waals surface area contributed by atoms with Crippen LogP contribution in [-0.2, 0) is 4.79 Å². The third-order valence-corrected chi connectivity index (χ3v) is 6.27. The van der Waals surface area contributed by atoms with E-state index in [4.69, 9.17) is 27.9 Å². The predicted molar refractivity (Wildman–Crippen MR) is 122 cm³/mol. The molecule has 1 heterocycles. The number of ether oxygens (including phenoxy) is 1. The standard InChI is InChI=1S/C21H21Cl2F2N3O2S/c1-3-27(4-2)7-8-28(19(29)12-30-17-6-5-13(22)9-15(17)23)21-26-20-16(25)10-14(24)11-18(20)31-21/h5-6,9-11H,3-4,7-8,12H2,1-2H3. The van der Waals surface area contributed by atoms with Crippen molar-refractivity contribution in [3.63, 3.8) is 0 Å². The van der Waals surface area contributed by atoms with E-state index in [1.54, 1.807) is 12.1 Å². The molecule has 0 bridgehead atoms. The Balaban J connectivity index is 1.84. The highest BCUT2D eigenvalue weighted by Crippen LogP contribution is 2.32. The molecule has 0 spiro atoms. The Kier molecular flexibility index (Phi) is 8.05. The van der Waals surface area contributed by atoms with Crippen molar-refractivity contribution in [1.82, 2.24) is 9.88 Å². The maximum atomic E-state index is 14.1. The minimum Gasteiger partial charge on any atom is -0.482 e. The van der Waals surface area contributed by atoms with Gasteiger partial charge in [-0.15, -0.1) is 0 Å². The highest BCUT2D eigenvalue weighted by Gasteiger charge is 2.22. The van der Waals surface area contributed by atoms with Crippen LogP contribution in [-0.4, -0.2) is 48.6 Å². The predicted octanol–water partition coefficient (Wildman–Crippen LogP) is 5.64. The first-order valence-electron chi connectivity index (χ1n) is 9.68. The van der Waals surface area contributed by atoms with Gasteiger partial charge in [-0.2, -0.15) is 0 Å². The molecule has 31 heavy (non-hydrogen) atoms. The van der Waals surface area contributed by atoms with Gasteiger partial charge in [0.25, 0.3) is 5.91 Å². The van der Waals surface area contributed by atoms with Crippen LogP contribution in [0.4, 0.5) is 13.9 Å². The highest BCUT2D eigenvalue weighted by molar-refractivity contribution is 7.22. The first kappa shape index (κ1) is 23.7. The van der Waals surface area contributed by atoms with Gasteiger partial charge in [0.15, 0.2) is 17.6 Å². The second kappa shape index (κ2) is 10.5. The molecule has 3 rings (SSSR count). The molecule has 0 N–H and O–H groups in total. The molecule has 1 aromatic heterocycles. The molecule has 0 aliphatic heterocycles. The number of hydrogen-bond donors (Lipinski definition) is 0. The summed E-state index contributed by atoms with van der Waals surface area (Å²) in [5, 5.41) is 1.02. The summed E-state index contributed by atoms with van der Waals surface area (Å²) in [5.74, 6) is -1.52. The summed E-state index contributed by atoms with van der Waals surface area (Å²) in [6, 6.07) is 6.69. The number of carbonyl (C=O) groups is 1. The molecule has 0 unspecified atom stereocenters. The highest BCUT2D eigenvalue weighted by atomic mass is 35.5. The summed E-state index contributed by atoms with van der Waals surface area (Å²) in [7, 11) is 0. The van der Waals surface area contributed by atoms with Crippen molar-refractivity contribution < 1.29 is 18.3 Å². The number of aromatic nitrogens is 1. The second-order valence-corrected chi connectivity index (χ2v) is 8.52. The first-order valence-corrected chi connectivity index (χ1v) is 11.3. The fourth-order valence-corrected chi connectivity index (χ4v) is 4.49. The van der Waals surface area contributed by atoms with E-state index in [0.717, 1.165) is 30.5 Å². The number of likely N-dealkylation sites (N-methyl/N-ethyl adjacent to an activating group) is 1. The Bertz CT molecular complexity index is 1080. The zero-order valence-electron chi connectivity index (χ0n) is 17.0. The van der Waals surface area contributed by atoms with Gasteiger partial charge in [0, 0.05) is 24.2 Å². The van der Waals surface area contributed by atoms with Crippen LogP contribution < -0.4 is 9.64 Å². The molecule has 0 aliphatic rings. The lowest BCUT2D eigenvalue weighted by atomic mass is 10.3. The third kappa shape index (κ3) is 5.83. The monoisotopic (exact) mass is 487 g/mol. The minimum atomic E-state index is -0.766. The molecule has 0 saturated heterocycles. The molecule has 1 amide bonds. The van der Waals surface area contributed by atoms with Crippen LogP contribution in [0.5, 0.6) is 5.75 Å².